The average molecular weight is 361 g/mol. The van der Waals surface area contributed by atoms with Gasteiger partial charge < -0.3 is 14.7 Å². The molecule has 2 aliphatic carbocycles. The van der Waals surface area contributed by atoms with Gasteiger partial charge >= 0.3 is 0 Å². The predicted molar refractivity (Wildman–Crippen MR) is 102 cm³/mol. The smallest absolute Gasteiger partial charge is 0.251 e. The van der Waals surface area contributed by atoms with Crippen LogP contribution in [0, 0.1) is 5.92 Å². The molecular formula is C20H31N3O3. The summed E-state index contributed by atoms with van der Waals surface area (Å²) in [4.78, 5) is 14.2. The molecule has 6 heteroatoms. The van der Waals surface area contributed by atoms with Crippen LogP contribution in [0.15, 0.2) is 28.4 Å². The van der Waals surface area contributed by atoms with Crippen LogP contribution in [-0.4, -0.2) is 71.6 Å². The Labute approximate surface area is 156 Å². The van der Waals surface area contributed by atoms with E-state index in [-0.39, 0.29) is 18.0 Å². The van der Waals surface area contributed by atoms with Crippen molar-refractivity contribution in [1.29, 1.82) is 0 Å². The highest BCUT2D eigenvalue weighted by Gasteiger charge is 2.39. The molecule has 1 amide bonds. The monoisotopic (exact) mass is 361 g/mol. The molecule has 0 saturated heterocycles. The van der Waals surface area contributed by atoms with Gasteiger partial charge in [0.05, 0.1) is 6.04 Å². The van der Waals surface area contributed by atoms with Gasteiger partial charge in [-0.3, -0.25) is 9.80 Å². The average Bonchev–Trinajstić information content (AvgIpc) is 3.37. The van der Waals surface area contributed by atoms with E-state index in [1.54, 1.807) is 14.0 Å². The van der Waals surface area contributed by atoms with Crippen molar-refractivity contribution in [2.45, 2.75) is 58.2 Å². The second-order valence-corrected chi connectivity index (χ2v) is 7.72. The van der Waals surface area contributed by atoms with Crippen molar-refractivity contribution in [2.24, 2.45) is 11.0 Å². The number of aliphatic hydroxyl groups is 1. The van der Waals surface area contributed by atoms with Crippen LogP contribution in [0.5, 0.6) is 0 Å². The molecule has 1 N–H and O–H groups in total. The van der Waals surface area contributed by atoms with Crippen molar-refractivity contribution >= 4 is 11.6 Å². The van der Waals surface area contributed by atoms with E-state index >= 15 is 0 Å². The molecule has 0 aromatic heterocycles. The third-order valence-corrected chi connectivity index (χ3v) is 5.43. The van der Waals surface area contributed by atoms with E-state index in [2.05, 4.69) is 31.0 Å². The second-order valence-electron chi connectivity index (χ2n) is 7.72. The van der Waals surface area contributed by atoms with Crippen LogP contribution in [0.4, 0.5) is 0 Å². The molecule has 3 atom stereocenters. The Morgan fingerprint density at radius 2 is 2.19 bits per heavy atom. The number of carbonyl (C=O) groups excluding carboxylic acids is 1. The molecule has 0 bridgehead atoms. The summed E-state index contributed by atoms with van der Waals surface area (Å²) in [5, 5.41) is 16.7. The lowest BCUT2D eigenvalue weighted by Gasteiger charge is -2.32. The molecule has 0 aromatic rings. The third-order valence-electron chi connectivity index (χ3n) is 5.43. The van der Waals surface area contributed by atoms with Crippen LogP contribution in [0.2, 0.25) is 0 Å². The summed E-state index contributed by atoms with van der Waals surface area (Å²) in [7, 11) is 1.72. The molecule has 0 spiro atoms. The van der Waals surface area contributed by atoms with Gasteiger partial charge in [0.25, 0.3) is 5.91 Å². The maximum absolute atomic E-state index is 12.4. The molecule has 6 nitrogen and oxygen atoms in total. The van der Waals surface area contributed by atoms with Gasteiger partial charge in [-0.25, -0.2) is 0 Å². The van der Waals surface area contributed by atoms with Crippen LogP contribution in [-0.2, 0) is 9.53 Å². The quantitative estimate of drug-likeness (QED) is 0.671. The Kier molecular flexibility index (Phi) is 5.82. The predicted octanol–water partition coefficient (Wildman–Crippen LogP) is 1.96. The summed E-state index contributed by atoms with van der Waals surface area (Å²) in [5.41, 5.74) is 3.59. The van der Waals surface area contributed by atoms with Gasteiger partial charge in [-0.05, 0) is 45.6 Å². The minimum Gasteiger partial charge on any atom is -0.385 e. The van der Waals surface area contributed by atoms with Crippen molar-refractivity contribution in [1.82, 2.24) is 9.91 Å². The summed E-state index contributed by atoms with van der Waals surface area (Å²) in [6.07, 6.45) is 6.52. The largest absolute Gasteiger partial charge is 0.385 e. The van der Waals surface area contributed by atoms with Crippen molar-refractivity contribution in [3.8, 4) is 0 Å². The fraction of sp³-hybridized carbons (Fsp3) is 0.700. The lowest BCUT2D eigenvalue weighted by atomic mass is 9.83. The van der Waals surface area contributed by atoms with Gasteiger partial charge in [-0.1, -0.05) is 17.7 Å². The standard InChI is InChI=1S/C20H31N3O3/c1-13-10-16(12-22(17-6-7-17)20(25)15(3)24)11-18-19(13)14(2)21-23(18)8-5-9-26-4/h10-11,15,17-19,24H,5-9,12H2,1-4H3. The van der Waals surface area contributed by atoms with Crippen LogP contribution in [0.1, 0.15) is 40.0 Å². The highest BCUT2D eigenvalue weighted by Crippen LogP contribution is 2.35. The molecule has 26 heavy (non-hydrogen) atoms. The summed E-state index contributed by atoms with van der Waals surface area (Å²) in [6.45, 7) is 7.96. The Bertz CT molecular complexity index is 634. The molecular weight excluding hydrogens is 330 g/mol. The van der Waals surface area contributed by atoms with Crippen molar-refractivity contribution in [3.63, 3.8) is 0 Å². The molecule has 1 fully saturated rings. The second kappa shape index (κ2) is 7.92. The molecule has 1 saturated carbocycles. The summed E-state index contributed by atoms with van der Waals surface area (Å²) < 4.78 is 5.17. The number of aliphatic hydroxyl groups excluding tert-OH is 1. The summed E-state index contributed by atoms with van der Waals surface area (Å²) in [6, 6.07) is 0.498. The van der Waals surface area contributed by atoms with Gasteiger partial charge in [-0.15, -0.1) is 0 Å². The van der Waals surface area contributed by atoms with E-state index in [1.807, 2.05) is 4.90 Å². The first-order valence-corrected chi connectivity index (χ1v) is 9.60. The van der Waals surface area contributed by atoms with Crippen LogP contribution in [0.3, 0.4) is 0 Å². The topological polar surface area (TPSA) is 65.4 Å². The Morgan fingerprint density at radius 3 is 2.81 bits per heavy atom. The number of nitrogens with zero attached hydrogens (tertiary/aromatic N) is 3. The Morgan fingerprint density at radius 1 is 1.46 bits per heavy atom. The highest BCUT2D eigenvalue weighted by molar-refractivity contribution is 5.89. The Hall–Kier alpha value is -1.66. The van der Waals surface area contributed by atoms with Crippen LogP contribution in [0.25, 0.3) is 0 Å². The zero-order valence-electron chi connectivity index (χ0n) is 16.3. The lowest BCUT2D eigenvalue weighted by Crippen LogP contribution is -2.42. The van der Waals surface area contributed by atoms with E-state index in [1.165, 1.54) is 5.57 Å². The number of carbonyl (C=O) groups is 1. The lowest BCUT2D eigenvalue weighted by molar-refractivity contribution is -0.139. The number of hydrogen-bond donors (Lipinski definition) is 1. The molecule has 0 aromatic carbocycles. The summed E-state index contributed by atoms with van der Waals surface area (Å²) >= 11 is 0. The first kappa shape index (κ1) is 19.1. The normalized spacial score (nSPS) is 26.0. The van der Waals surface area contributed by atoms with E-state index in [0.29, 0.717) is 12.5 Å². The number of amides is 1. The minimum atomic E-state index is -0.944. The molecule has 144 valence electrons. The van der Waals surface area contributed by atoms with E-state index < -0.39 is 6.10 Å². The highest BCUT2D eigenvalue weighted by atomic mass is 16.5. The molecule has 0 radical (unpaired) electrons. The van der Waals surface area contributed by atoms with E-state index in [4.69, 9.17) is 9.84 Å². The van der Waals surface area contributed by atoms with Gasteiger partial charge in [-0.2, -0.15) is 5.10 Å². The zero-order valence-corrected chi connectivity index (χ0v) is 16.3. The molecule has 1 heterocycles. The number of hydrazone groups is 1. The van der Waals surface area contributed by atoms with Gasteiger partial charge in [0.1, 0.15) is 6.10 Å². The SMILES string of the molecule is COCCCN1N=C(C)C2C(C)=CC(CN(C(=O)C(C)O)C3CC3)=CC21. The first-order chi connectivity index (χ1) is 12.4. The van der Waals surface area contributed by atoms with Gasteiger partial charge in [0.2, 0.25) is 0 Å². The third kappa shape index (κ3) is 4.01. The zero-order chi connectivity index (χ0) is 18.8. The molecule has 3 rings (SSSR count). The fourth-order valence-corrected chi connectivity index (χ4v) is 4.06. The molecule has 3 unspecified atom stereocenters. The number of fused-ring (bicyclic) bond motifs is 1. The number of methoxy groups -OCH3 is 1. The van der Waals surface area contributed by atoms with E-state index in [0.717, 1.165) is 43.7 Å². The maximum atomic E-state index is 12.4. The number of ether oxygens (including phenoxy) is 1. The van der Waals surface area contributed by atoms with Crippen LogP contribution < -0.4 is 0 Å². The van der Waals surface area contributed by atoms with Gasteiger partial charge in [0, 0.05) is 44.5 Å². The molecule has 1 aliphatic heterocycles. The van der Waals surface area contributed by atoms with Crippen molar-refractivity contribution in [2.75, 3.05) is 26.8 Å². The van der Waals surface area contributed by atoms with Crippen molar-refractivity contribution < 1.29 is 14.6 Å². The van der Waals surface area contributed by atoms with Crippen LogP contribution >= 0.6 is 0 Å². The van der Waals surface area contributed by atoms with E-state index in [9.17, 15) is 9.90 Å². The first-order valence-electron chi connectivity index (χ1n) is 9.60. The Balaban J connectivity index is 1.75. The summed E-state index contributed by atoms with van der Waals surface area (Å²) in [5.74, 6) is 0.153. The van der Waals surface area contributed by atoms with Gasteiger partial charge in [0.15, 0.2) is 0 Å². The van der Waals surface area contributed by atoms with Crippen molar-refractivity contribution in [3.05, 3.63) is 23.3 Å². The fourth-order valence-electron chi connectivity index (χ4n) is 4.06. The number of rotatable bonds is 8. The maximum Gasteiger partial charge on any atom is 0.251 e. The number of hydrogen-bond acceptors (Lipinski definition) is 5. The molecule has 3 aliphatic rings. The minimum absolute atomic E-state index is 0.169.